The third-order valence-electron chi connectivity index (χ3n) is 2.96. The van der Waals surface area contributed by atoms with E-state index in [4.69, 9.17) is 17.3 Å². The first-order valence-corrected chi connectivity index (χ1v) is 6.70. The Morgan fingerprint density at radius 1 is 1.35 bits per heavy atom. The van der Waals surface area contributed by atoms with Gasteiger partial charge >= 0.3 is 6.18 Å². The van der Waals surface area contributed by atoms with Gasteiger partial charge in [0.2, 0.25) is 0 Å². The number of halogens is 4. The van der Waals surface area contributed by atoms with Crippen LogP contribution in [0, 0.1) is 5.41 Å². The molecule has 3 N–H and O–H groups in total. The van der Waals surface area contributed by atoms with Gasteiger partial charge in [-0.25, -0.2) is 4.98 Å². The molecule has 20 heavy (non-hydrogen) atoms. The molecule has 7 heteroatoms. The van der Waals surface area contributed by atoms with Crippen LogP contribution in [0.1, 0.15) is 32.3 Å². The van der Waals surface area contributed by atoms with E-state index in [2.05, 4.69) is 10.3 Å². The van der Waals surface area contributed by atoms with Crippen molar-refractivity contribution in [3.05, 3.63) is 22.8 Å². The van der Waals surface area contributed by atoms with Crippen molar-refractivity contribution >= 4 is 17.4 Å². The summed E-state index contributed by atoms with van der Waals surface area (Å²) in [6.07, 6.45) is -1.85. The highest BCUT2D eigenvalue weighted by molar-refractivity contribution is 6.32. The van der Waals surface area contributed by atoms with Crippen LogP contribution in [-0.4, -0.2) is 18.1 Å². The molecule has 0 amide bonds. The highest BCUT2D eigenvalue weighted by atomic mass is 35.5. The first-order valence-electron chi connectivity index (χ1n) is 6.32. The van der Waals surface area contributed by atoms with Crippen molar-refractivity contribution in [3.8, 4) is 0 Å². The van der Waals surface area contributed by atoms with Crippen LogP contribution in [0.5, 0.6) is 0 Å². The van der Waals surface area contributed by atoms with Crippen LogP contribution in [-0.2, 0) is 6.18 Å². The molecular weight excluding hydrogens is 291 g/mol. The van der Waals surface area contributed by atoms with Crippen LogP contribution in [0.2, 0.25) is 5.02 Å². The molecule has 0 unspecified atom stereocenters. The Morgan fingerprint density at radius 2 is 2.00 bits per heavy atom. The summed E-state index contributed by atoms with van der Waals surface area (Å²) in [6.45, 7) is 5.27. The average molecular weight is 310 g/mol. The summed E-state index contributed by atoms with van der Waals surface area (Å²) in [5, 5.41) is 2.96. The van der Waals surface area contributed by atoms with E-state index in [0.29, 0.717) is 13.1 Å². The van der Waals surface area contributed by atoms with Crippen molar-refractivity contribution in [1.29, 1.82) is 0 Å². The molecule has 0 aliphatic rings. The maximum Gasteiger partial charge on any atom is 0.417 e. The molecule has 0 atom stereocenters. The van der Waals surface area contributed by atoms with Gasteiger partial charge in [-0.15, -0.1) is 0 Å². The largest absolute Gasteiger partial charge is 0.417 e. The van der Waals surface area contributed by atoms with Gasteiger partial charge in [-0.2, -0.15) is 13.2 Å². The average Bonchev–Trinajstić information content (AvgIpc) is 2.34. The zero-order valence-corrected chi connectivity index (χ0v) is 12.3. The predicted octanol–water partition coefficient (Wildman–Crippen LogP) is 3.93. The first-order chi connectivity index (χ1) is 9.15. The number of pyridine rings is 1. The Bertz CT molecular complexity index is 447. The van der Waals surface area contributed by atoms with Gasteiger partial charge in [0.25, 0.3) is 0 Å². The minimum atomic E-state index is -4.43. The van der Waals surface area contributed by atoms with Crippen LogP contribution in [0.3, 0.4) is 0 Å². The van der Waals surface area contributed by atoms with Crippen LogP contribution < -0.4 is 11.1 Å². The molecule has 0 aliphatic heterocycles. The smallest absolute Gasteiger partial charge is 0.368 e. The Balaban J connectivity index is 2.70. The molecule has 0 spiro atoms. The molecule has 0 fully saturated rings. The molecule has 0 aromatic carbocycles. The first kappa shape index (κ1) is 17.0. The van der Waals surface area contributed by atoms with Crippen LogP contribution in [0.15, 0.2) is 12.3 Å². The quantitative estimate of drug-likeness (QED) is 0.837. The number of nitrogens with one attached hydrogen (secondary N) is 1. The van der Waals surface area contributed by atoms with Crippen molar-refractivity contribution in [3.63, 3.8) is 0 Å². The fraction of sp³-hybridized carbons (Fsp3) is 0.615. The normalized spacial score (nSPS) is 12.6. The van der Waals surface area contributed by atoms with Gasteiger partial charge in [0.1, 0.15) is 5.82 Å². The number of alkyl halides is 3. The summed E-state index contributed by atoms with van der Waals surface area (Å²) in [7, 11) is 0. The number of rotatable bonds is 6. The maximum atomic E-state index is 12.5. The zero-order chi connectivity index (χ0) is 15.4. The van der Waals surface area contributed by atoms with Crippen molar-refractivity contribution < 1.29 is 13.2 Å². The Hall–Kier alpha value is -1.01. The van der Waals surface area contributed by atoms with Gasteiger partial charge in [-0.3, -0.25) is 0 Å². The number of aromatic nitrogens is 1. The van der Waals surface area contributed by atoms with E-state index in [1.165, 1.54) is 0 Å². The van der Waals surface area contributed by atoms with E-state index in [9.17, 15) is 13.2 Å². The number of anilines is 1. The molecule has 1 aromatic rings. The number of hydrogen-bond acceptors (Lipinski definition) is 3. The maximum absolute atomic E-state index is 12.5. The summed E-state index contributed by atoms with van der Waals surface area (Å²) in [6, 6.07) is 0.879. The highest BCUT2D eigenvalue weighted by Gasteiger charge is 2.31. The number of nitrogens with two attached hydrogens (primary N) is 1. The summed E-state index contributed by atoms with van der Waals surface area (Å²) >= 11 is 5.82. The Kier molecular flexibility index (Phi) is 5.65. The second-order valence-corrected chi connectivity index (χ2v) is 5.87. The van der Waals surface area contributed by atoms with Gasteiger partial charge < -0.3 is 11.1 Å². The lowest BCUT2D eigenvalue weighted by Crippen LogP contribution is -2.24. The van der Waals surface area contributed by atoms with Crippen molar-refractivity contribution in [2.75, 3.05) is 18.4 Å². The summed E-state index contributed by atoms with van der Waals surface area (Å²) < 4.78 is 37.4. The number of nitrogens with zero attached hydrogens (tertiary/aromatic N) is 1. The third kappa shape index (κ3) is 5.17. The standard InChI is InChI=1S/C13H19ClF3N3/c1-12(2,4-3-5-18)8-20-11-10(14)6-9(7-19-11)13(15,16)17/h6-7H,3-5,8,18H2,1-2H3,(H,19,20). The van der Waals surface area contributed by atoms with E-state index in [-0.39, 0.29) is 16.3 Å². The fourth-order valence-corrected chi connectivity index (χ4v) is 1.95. The minimum absolute atomic E-state index is 0.0329. The predicted molar refractivity (Wildman–Crippen MR) is 74.8 cm³/mol. The molecule has 1 rings (SSSR count). The fourth-order valence-electron chi connectivity index (χ4n) is 1.72. The van der Waals surface area contributed by atoms with E-state index >= 15 is 0 Å². The molecular formula is C13H19ClF3N3. The number of hydrogen-bond donors (Lipinski definition) is 2. The van der Waals surface area contributed by atoms with E-state index < -0.39 is 11.7 Å². The molecule has 0 saturated heterocycles. The Morgan fingerprint density at radius 3 is 2.50 bits per heavy atom. The van der Waals surface area contributed by atoms with Crippen LogP contribution in [0.4, 0.5) is 19.0 Å². The topological polar surface area (TPSA) is 50.9 Å². The minimum Gasteiger partial charge on any atom is -0.368 e. The molecule has 114 valence electrons. The monoisotopic (exact) mass is 309 g/mol. The molecule has 1 heterocycles. The van der Waals surface area contributed by atoms with Crippen molar-refractivity contribution in [2.45, 2.75) is 32.9 Å². The van der Waals surface area contributed by atoms with Crippen molar-refractivity contribution in [2.24, 2.45) is 11.1 Å². The lowest BCUT2D eigenvalue weighted by Gasteiger charge is -2.25. The molecule has 1 aromatic heterocycles. The van der Waals surface area contributed by atoms with E-state index in [1.807, 2.05) is 13.8 Å². The van der Waals surface area contributed by atoms with E-state index in [0.717, 1.165) is 25.1 Å². The summed E-state index contributed by atoms with van der Waals surface area (Å²) in [5.41, 5.74) is 4.58. The van der Waals surface area contributed by atoms with Crippen LogP contribution >= 0.6 is 11.6 Å². The lowest BCUT2D eigenvalue weighted by molar-refractivity contribution is -0.137. The lowest BCUT2D eigenvalue weighted by atomic mass is 9.88. The molecule has 3 nitrogen and oxygen atoms in total. The van der Waals surface area contributed by atoms with Gasteiger partial charge in [0, 0.05) is 12.7 Å². The molecule has 0 aliphatic carbocycles. The third-order valence-corrected chi connectivity index (χ3v) is 3.25. The summed E-state index contributed by atoms with van der Waals surface area (Å²) in [4.78, 5) is 3.74. The van der Waals surface area contributed by atoms with Gasteiger partial charge in [0.05, 0.1) is 10.6 Å². The summed E-state index contributed by atoms with van der Waals surface area (Å²) in [5.74, 6) is 0.264. The highest BCUT2D eigenvalue weighted by Crippen LogP contribution is 2.32. The molecule has 0 bridgehead atoms. The van der Waals surface area contributed by atoms with Gasteiger partial charge in [-0.1, -0.05) is 25.4 Å². The SMILES string of the molecule is CC(C)(CCCN)CNc1ncc(C(F)(F)F)cc1Cl. The molecule has 0 saturated carbocycles. The zero-order valence-electron chi connectivity index (χ0n) is 11.5. The second kappa shape index (κ2) is 6.63. The second-order valence-electron chi connectivity index (χ2n) is 5.46. The van der Waals surface area contributed by atoms with Gasteiger partial charge in [-0.05, 0) is 30.9 Å². The van der Waals surface area contributed by atoms with Crippen molar-refractivity contribution in [1.82, 2.24) is 4.98 Å². The Labute approximate surface area is 121 Å². The van der Waals surface area contributed by atoms with Crippen LogP contribution in [0.25, 0.3) is 0 Å². The molecule has 0 radical (unpaired) electrons. The van der Waals surface area contributed by atoms with Gasteiger partial charge in [0.15, 0.2) is 0 Å². The van der Waals surface area contributed by atoms with E-state index in [1.54, 1.807) is 0 Å².